The molecule has 6 heteroatoms. The van der Waals surface area contributed by atoms with Gasteiger partial charge in [0.25, 0.3) is 0 Å². The minimum absolute atomic E-state index is 0.236. The predicted octanol–water partition coefficient (Wildman–Crippen LogP) is 3.66. The van der Waals surface area contributed by atoms with Gasteiger partial charge in [0.1, 0.15) is 17.5 Å². The number of halogens is 1. The van der Waals surface area contributed by atoms with Gasteiger partial charge in [0.05, 0.1) is 0 Å². The monoisotopic (exact) mass is 353 g/mol. The molecule has 1 fully saturated rings. The Kier molecular flexibility index (Phi) is 4.49. The molecule has 3 N–H and O–H groups in total. The van der Waals surface area contributed by atoms with Gasteiger partial charge in [0, 0.05) is 54.8 Å². The van der Waals surface area contributed by atoms with Crippen LogP contribution >= 0.6 is 0 Å². The van der Waals surface area contributed by atoms with Crippen molar-refractivity contribution in [2.75, 3.05) is 19.6 Å². The summed E-state index contributed by atoms with van der Waals surface area (Å²) in [6.45, 7) is 3.27. The van der Waals surface area contributed by atoms with Crippen LogP contribution < -0.4 is 0 Å². The van der Waals surface area contributed by atoms with E-state index in [9.17, 15) is 4.39 Å². The van der Waals surface area contributed by atoms with Gasteiger partial charge in [-0.15, -0.1) is 0 Å². The summed E-state index contributed by atoms with van der Waals surface area (Å²) in [5.74, 6) is 0.684. The molecular weight excluding hydrogens is 329 g/mol. The first kappa shape index (κ1) is 16.8. The minimum atomic E-state index is -0.236. The molecule has 5 nitrogen and oxygen atoms in total. The van der Waals surface area contributed by atoms with Gasteiger partial charge in [-0.05, 0) is 49.6 Å². The highest BCUT2D eigenvalue weighted by molar-refractivity contribution is 5.99. The lowest BCUT2D eigenvalue weighted by molar-refractivity contribution is 0.342. The van der Waals surface area contributed by atoms with Crippen LogP contribution in [-0.4, -0.2) is 46.1 Å². The second kappa shape index (κ2) is 6.94. The summed E-state index contributed by atoms with van der Waals surface area (Å²) in [6.07, 6.45) is 7.82. The average Bonchev–Trinajstić information content (AvgIpc) is 3.03. The zero-order valence-electron chi connectivity index (χ0n) is 14.8. The van der Waals surface area contributed by atoms with Crippen LogP contribution in [0.2, 0.25) is 0 Å². The summed E-state index contributed by atoms with van der Waals surface area (Å²) in [4.78, 5) is 7.41. The molecule has 0 spiro atoms. The van der Waals surface area contributed by atoms with E-state index in [0.29, 0.717) is 18.2 Å². The minimum Gasteiger partial charge on any atom is -0.358 e. The molecule has 2 aliphatic rings. The third kappa shape index (κ3) is 3.23. The Morgan fingerprint density at radius 2 is 1.73 bits per heavy atom. The van der Waals surface area contributed by atoms with Crippen LogP contribution in [0.1, 0.15) is 30.5 Å². The Balaban J connectivity index is 1.46. The Morgan fingerprint density at radius 3 is 2.50 bits per heavy atom. The van der Waals surface area contributed by atoms with E-state index in [1.54, 1.807) is 12.2 Å². The third-order valence-corrected chi connectivity index (χ3v) is 5.37. The zero-order valence-corrected chi connectivity index (χ0v) is 14.8. The summed E-state index contributed by atoms with van der Waals surface area (Å²) in [5, 5.41) is 17.6. The lowest BCUT2D eigenvalue weighted by atomic mass is 10.0. The first-order valence-corrected chi connectivity index (χ1v) is 9.26. The number of rotatable bonds is 2. The standard InChI is InChI=1S/C20H24FN5/c21-14-4-5-15-16-13-26(11-8-17(16)24-18(15)12-14)20(23)7-6-19(22)25-9-2-1-3-10-25/h4-7,12,22-24H,1-3,8-11,13H2/b7-6-,22-19?,23-20?. The summed E-state index contributed by atoms with van der Waals surface area (Å²) >= 11 is 0. The number of fused-ring (bicyclic) bond motifs is 3. The van der Waals surface area contributed by atoms with E-state index in [1.807, 2.05) is 11.0 Å². The maximum atomic E-state index is 13.4. The van der Waals surface area contributed by atoms with Crippen LogP contribution in [0.3, 0.4) is 0 Å². The number of H-pyrrole nitrogens is 1. The molecule has 2 aliphatic heterocycles. The van der Waals surface area contributed by atoms with Crippen molar-refractivity contribution in [2.45, 2.75) is 32.2 Å². The molecule has 4 rings (SSSR count). The molecule has 1 saturated heterocycles. The smallest absolute Gasteiger partial charge is 0.125 e. The van der Waals surface area contributed by atoms with Crippen LogP contribution in [0.4, 0.5) is 4.39 Å². The SMILES string of the molecule is N=C(/C=C\C(=N)N1CCc2[nH]c3cc(F)ccc3c2C1)N1CCCCC1. The highest BCUT2D eigenvalue weighted by atomic mass is 19.1. The largest absolute Gasteiger partial charge is 0.358 e. The quantitative estimate of drug-likeness (QED) is 0.570. The molecule has 136 valence electrons. The van der Waals surface area contributed by atoms with Crippen molar-refractivity contribution in [2.24, 2.45) is 0 Å². The van der Waals surface area contributed by atoms with Crippen molar-refractivity contribution in [1.29, 1.82) is 10.8 Å². The highest BCUT2D eigenvalue weighted by Gasteiger charge is 2.22. The summed E-state index contributed by atoms with van der Waals surface area (Å²) in [6, 6.07) is 4.83. The maximum Gasteiger partial charge on any atom is 0.125 e. The van der Waals surface area contributed by atoms with Crippen molar-refractivity contribution in [3.63, 3.8) is 0 Å². The summed E-state index contributed by atoms with van der Waals surface area (Å²) < 4.78 is 13.4. The van der Waals surface area contributed by atoms with E-state index in [4.69, 9.17) is 10.8 Å². The third-order valence-electron chi connectivity index (χ3n) is 5.37. The van der Waals surface area contributed by atoms with Crippen molar-refractivity contribution in [3.05, 3.63) is 47.4 Å². The normalized spacial score (nSPS) is 17.7. The molecule has 3 heterocycles. The fraction of sp³-hybridized carbons (Fsp3) is 0.400. The number of likely N-dealkylation sites (tertiary alicyclic amines) is 1. The molecule has 1 aromatic carbocycles. The predicted molar refractivity (Wildman–Crippen MR) is 102 cm³/mol. The topological polar surface area (TPSA) is 70.0 Å². The van der Waals surface area contributed by atoms with Gasteiger partial charge in [-0.2, -0.15) is 0 Å². The van der Waals surface area contributed by atoms with Crippen molar-refractivity contribution in [1.82, 2.24) is 14.8 Å². The number of hydrogen-bond donors (Lipinski definition) is 3. The second-order valence-electron chi connectivity index (χ2n) is 7.10. The van der Waals surface area contributed by atoms with E-state index >= 15 is 0 Å². The van der Waals surface area contributed by atoms with Crippen LogP contribution in [0.25, 0.3) is 10.9 Å². The van der Waals surface area contributed by atoms with Gasteiger partial charge >= 0.3 is 0 Å². The van der Waals surface area contributed by atoms with E-state index in [-0.39, 0.29) is 5.82 Å². The summed E-state index contributed by atoms with van der Waals surface area (Å²) in [5.41, 5.74) is 3.11. The number of aromatic nitrogens is 1. The van der Waals surface area contributed by atoms with Crippen LogP contribution in [0.15, 0.2) is 30.4 Å². The van der Waals surface area contributed by atoms with Gasteiger partial charge in [-0.25, -0.2) is 4.39 Å². The number of hydrogen-bond acceptors (Lipinski definition) is 2. The van der Waals surface area contributed by atoms with Crippen LogP contribution in [0.5, 0.6) is 0 Å². The Morgan fingerprint density at radius 1 is 1.00 bits per heavy atom. The lowest BCUT2D eigenvalue weighted by Gasteiger charge is -2.29. The Labute approximate surface area is 152 Å². The van der Waals surface area contributed by atoms with E-state index < -0.39 is 0 Å². The number of nitrogens with one attached hydrogen (secondary N) is 3. The van der Waals surface area contributed by atoms with Gasteiger partial charge in [0.15, 0.2) is 0 Å². The summed E-state index contributed by atoms with van der Waals surface area (Å²) in [7, 11) is 0. The number of piperidine rings is 1. The van der Waals surface area contributed by atoms with E-state index in [2.05, 4.69) is 9.88 Å². The lowest BCUT2D eigenvalue weighted by Crippen LogP contribution is -2.36. The van der Waals surface area contributed by atoms with Gasteiger partial charge in [-0.1, -0.05) is 0 Å². The maximum absolute atomic E-state index is 13.4. The molecule has 0 amide bonds. The van der Waals surface area contributed by atoms with Crippen LogP contribution in [0, 0.1) is 16.6 Å². The molecule has 0 atom stereocenters. The first-order valence-electron chi connectivity index (χ1n) is 9.26. The first-order chi connectivity index (χ1) is 12.6. The van der Waals surface area contributed by atoms with E-state index in [1.165, 1.54) is 18.6 Å². The van der Waals surface area contributed by atoms with Crippen molar-refractivity contribution >= 4 is 22.6 Å². The number of nitrogens with zero attached hydrogens (tertiary/aromatic N) is 2. The zero-order chi connectivity index (χ0) is 18.1. The Bertz CT molecular complexity index is 876. The van der Waals surface area contributed by atoms with Gasteiger partial charge < -0.3 is 14.8 Å². The fourth-order valence-electron chi connectivity index (χ4n) is 3.90. The molecule has 1 aromatic heterocycles. The molecule has 0 aliphatic carbocycles. The number of amidine groups is 2. The fourth-order valence-corrected chi connectivity index (χ4v) is 3.90. The number of aromatic amines is 1. The van der Waals surface area contributed by atoms with Crippen LogP contribution in [-0.2, 0) is 13.0 Å². The molecule has 0 unspecified atom stereocenters. The average molecular weight is 353 g/mol. The van der Waals surface area contributed by atoms with E-state index in [0.717, 1.165) is 61.1 Å². The van der Waals surface area contributed by atoms with Gasteiger partial charge in [0.2, 0.25) is 0 Å². The molecule has 26 heavy (non-hydrogen) atoms. The molecule has 2 aromatic rings. The highest BCUT2D eigenvalue weighted by Crippen LogP contribution is 2.28. The molecule has 0 radical (unpaired) electrons. The molecular formula is C20H24FN5. The molecule has 0 saturated carbocycles. The molecule has 0 bridgehead atoms. The second-order valence-corrected chi connectivity index (χ2v) is 7.10. The number of benzene rings is 1. The Hall–Kier alpha value is -2.63. The van der Waals surface area contributed by atoms with Gasteiger partial charge in [-0.3, -0.25) is 10.8 Å². The van der Waals surface area contributed by atoms with Crippen molar-refractivity contribution < 1.29 is 4.39 Å². The van der Waals surface area contributed by atoms with Crippen molar-refractivity contribution in [3.8, 4) is 0 Å².